The van der Waals surface area contributed by atoms with E-state index in [-0.39, 0.29) is 37.4 Å². The van der Waals surface area contributed by atoms with E-state index in [0.29, 0.717) is 35.2 Å². The van der Waals surface area contributed by atoms with Gasteiger partial charge >= 0.3 is 0 Å². The van der Waals surface area contributed by atoms with Crippen molar-refractivity contribution in [3.05, 3.63) is 53.6 Å². The molecule has 0 saturated heterocycles. The van der Waals surface area contributed by atoms with Crippen LogP contribution in [-0.4, -0.2) is 43.9 Å². The molecule has 1 heterocycles. The Balaban J connectivity index is 1.74. The van der Waals surface area contributed by atoms with Crippen molar-refractivity contribution in [3.63, 3.8) is 0 Å². The van der Waals surface area contributed by atoms with Crippen molar-refractivity contribution in [1.82, 2.24) is 5.32 Å². The fourth-order valence-electron chi connectivity index (χ4n) is 3.01. The lowest BCUT2D eigenvalue weighted by atomic mass is 10.1. The number of Topliss-reactive ketones (excluding diaryl/α,β-unsaturated/α-hetero) is 1. The Morgan fingerprint density at radius 2 is 1.97 bits per heavy atom. The number of hydrogen-bond donors (Lipinski definition) is 1. The van der Waals surface area contributed by atoms with Crippen LogP contribution < -0.4 is 19.7 Å². The van der Waals surface area contributed by atoms with Crippen LogP contribution in [0.1, 0.15) is 29.8 Å². The highest BCUT2D eigenvalue weighted by Crippen LogP contribution is 2.33. The molecule has 0 radical (unpaired) electrons. The number of carbonyl (C=O) groups is 3. The highest BCUT2D eigenvalue weighted by molar-refractivity contribution is 6.04. The summed E-state index contributed by atoms with van der Waals surface area (Å²) in [7, 11) is 0. The van der Waals surface area contributed by atoms with Gasteiger partial charge < -0.3 is 14.8 Å². The predicted molar refractivity (Wildman–Crippen MR) is 113 cm³/mol. The molecular weight excluding hydrogens is 384 g/mol. The molecule has 0 saturated carbocycles. The van der Waals surface area contributed by atoms with Crippen molar-refractivity contribution in [1.29, 1.82) is 0 Å². The molecule has 1 aliphatic heterocycles. The van der Waals surface area contributed by atoms with Crippen molar-refractivity contribution in [2.24, 2.45) is 5.92 Å². The summed E-state index contributed by atoms with van der Waals surface area (Å²) in [6, 6.07) is 12.3. The van der Waals surface area contributed by atoms with Crippen molar-refractivity contribution >= 4 is 23.3 Å². The topological polar surface area (TPSA) is 84.9 Å². The van der Waals surface area contributed by atoms with Crippen molar-refractivity contribution in [2.75, 3.05) is 31.2 Å². The minimum atomic E-state index is -0.331. The van der Waals surface area contributed by atoms with Crippen LogP contribution in [-0.2, 0) is 9.59 Å². The number of rotatable bonds is 8. The first kappa shape index (κ1) is 21.4. The Labute approximate surface area is 176 Å². The lowest BCUT2D eigenvalue weighted by Gasteiger charge is -2.29. The second kappa shape index (κ2) is 9.43. The summed E-state index contributed by atoms with van der Waals surface area (Å²) in [4.78, 5) is 38.6. The third kappa shape index (κ3) is 5.17. The summed E-state index contributed by atoms with van der Waals surface area (Å²) in [5, 5.41) is 2.80. The van der Waals surface area contributed by atoms with E-state index in [1.807, 2.05) is 39.0 Å². The molecular formula is C23H26N2O5. The number of ketones is 1. The van der Waals surface area contributed by atoms with Crippen LogP contribution >= 0.6 is 0 Å². The Morgan fingerprint density at radius 1 is 1.20 bits per heavy atom. The molecule has 158 valence electrons. The fraction of sp³-hybridized carbons (Fsp3) is 0.348. The Bertz CT molecular complexity index is 954. The number of benzene rings is 2. The summed E-state index contributed by atoms with van der Waals surface area (Å²) in [6.07, 6.45) is 0. The summed E-state index contributed by atoms with van der Waals surface area (Å²) in [5.74, 6) is 0.586. The zero-order valence-corrected chi connectivity index (χ0v) is 17.4. The van der Waals surface area contributed by atoms with Gasteiger partial charge in [-0.25, -0.2) is 0 Å². The van der Waals surface area contributed by atoms with Crippen LogP contribution in [0.4, 0.5) is 5.69 Å². The number of anilines is 1. The Kier molecular flexibility index (Phi) is 6.72. The summed E-state index contributed by atoms with van der Waals surface area (Å²) in [5.41, 5.74) is 1.73. The molecule has 1 N–H and O–H groups in total. The van der Waals surface area contributed by atoms with Gasteiger partial charge in [-0.3, -0.25) is 19.3 Å². The number of amides is 2. The highest BCUT2D eigenvalue weighted by Gasteiger charge is 2.28. The maximum atomic E-state index is 12.7. The average molecular weight is 410 g/mol. The molecule has 2 amide bonds. The van der Waals surface area contributed by atoms with Gasteiger partial charge in [0.2, 0.25) is 5.91 Å². The van der Waals surface area contributed by atoms with E-state index in [0.717, 1.165) is 5.56 Å². The molecule has 2 aromatic rings. The number of aryl methyl sites for hydroxylation is 1. The third-order valence-electron chi connectivity index (χ3n) is 4.69. The molecule has 0 unspecified atom stereocenters. The predicted octanol–water partition coefficient (Wildman–Crippen LogP) is 2.75. The van der Waals surface area contributed by atoms with Gasteiger partial charge in [-0.2, -0.15) is 0 Å². The standard InChI is InChI=1S/C23H26N2O5/c1-15(2)11-24-22(27)12-25-18-10-17(8-9-21(18)30-14-23(25)28)19(26)13-29-20-7-5-4-6-16(20)3/h4-10,15H,11-14H2,1-3H3,(H,24,27). The molecule has 2 aromatic carbocycles. The van der Waals surface area contributed by atoms with Crippen LogP contribution in [0, 0.1) is 12.8 Å². The minimum absolute atomic E-state index is 0.126. The minimum Gasteiger partial charge on any atom is -0.485 e. The summed E-state index contributed by atoms with van der Waals surface area (Å²) >= 11 is 0. The fourth-order valence-corrected chi connectivity index (χ4v) is 3.01. The maximum Gasteiger partial charge on any atom is 0.265 e. The van der Waals surface area contributed by atoms with E-state index in [1.165, 1.54) is 4.90 Å². The molecule has 0 aromatic heterocycles. The molecule has 7 nitrogen and oxygen atoms in total. The van der Waals surface area contributed by atoms with Gasteiger partial charge in [-0.05, 0) is 42.7 Å². The van der Waals surface area contributed by atoms with E-state index in [1.54, 1.807) is 24.3 Å². The average Bonchev–Trinajstić information content (AvgIpc) is 2.73. The van der Waals surface area contributed by atoms with Gasteiger partial charge in [0, 0.05) is 12.1 Å². The maximum absolute atomic E-state index is 12.7. The Morgan fingerprint density at radius 3 is 2.70 bits per heavy atom. The number of hydrogen-bond acceptors (Lipinski definition) is 5. The van der Waals surface area contributed by atoms with E-state index in [9.17, 15) is 14.4 Å². The van der Waals surface area contributed by atoms with Gasteiger partial charge in [0.15, 0.2) is 19.0 Å². The number of nitrogens with zero attached hydrogens (tertiary/aromatic N) is 1. The van der Waals surface area contributed by atoms with E-state index in [2.05, 4.69) is 5.32 Å². The van der Waals surface area contributed by atoms with Gasteiger partial charge in [0.25, 0.3) is 5.91 Å². The number of fused-ring (bicyclic) bond motifs is 1. The monoisotopic (exact) mass is 410 g/mol. The van der Waals surface area contributed by atoms with Gasteiger partial charge in [0.05, 0.1) is 5.69 Å². The van der Waals surface area contributed by atoms with Gasteiger partial charge in [0.1, 0.15) is 18.0 Å². The van der Waals surface area contributed by atoms with Gasteiger partial charge in [-0.15, -0.1) is 0 Å². The van der Waals surface area contributed by atoms with Crippen LogP contribution in [0.3, 0.4) is 0 Å². The molecule has 0 fully saturated rings. The highest BCUT2D eigenvalue weighted by atomic mass is 16.5. The SMILES string of the molecule is Cc1ccccc1OCC(=O)c1ccc2c(c1)N(CC(=O)NCC(C)C)C(=O)CO2. The molecule has 0 spiro atoms. The second-order valence-corrected chi connectivity index (χ2v) is 7.63. The lowest BCUT2D eigenvalue weighted by Crippen LogP contribution is -2.45. The smallest absolute Gasteiger partial charge is 0.265 e. The zero-order valence-electron chi connectivity index (χ0n) is 17.4. The lowest BCUT2D eigenvalue weighted by molar-refractivity contribution is -0.125. The van der Waals surface area contributed by atoms with Crippen LogP contribution in [0.5, 0.6) is 11.5 Å². The summed E-state index contributed by atoms with van der Waals surface area (Å²) in [6.45, 7) is 6.02. The third-order valence-corrected chi connectivity index (χ3v) is 4.69. The second-order valence-electron chi connectivity index (χ2n) is 7.63. The molecule has 7 heteroatoms. The van der Waals surface area contributed by atoms with Crippen LogP contribution in [0.2, 0.25) is 0 Å². The number of para-hydroxylation sites is 1. The van der Waals surface area contributed by atoms with Crippen LogP contribution in [0.15, 0.2) is 42.5 Å². The normalized spacial score (nSPS) is 12.9. The number of nitrogens with one attached hydrogen (secondary N) is 1. The largest absolute Gasteiger partial charge is 0.485 e. The molecule has 1 aliphatic rings. The van der Waals surface area contributed by atoms with Gasteiger partial charge in [-0.1, -0.05) is 32.0 Å². The van der Waals surface area contributed by atoms with E-state index in [4.69, 9.17) is 9.47 Å². The first-order valence-electron chi connectivity index (χ1n) is 9.90. The quantitative estimate of drug-likeness (QED) is 0.677. The molecule has 30 heavy (non-hydrogen) atoms. The molecule has 3 rings (SSSR count). The van der Waals surface area contributed by atoms with Crippen molar-refractivity contribution in [3.8, 4) is 11.5 Å². The molecule has 0 atom stereocenters. The first-order chi connectivity index (χ1) is 14.3. The molecule has 0 bridgehead atoms. The zero-order chi connectivity index (χ0) is 21.7. The van der Waals surface area contributed by atoms with Crippen molar-refractivity contribution < 1.29 is 23.9 Å². The van der Waals surface area contributed by atoms with Crippen LogP contribution in [0.25, 0.3) is 0 Å². The van der Waals surface area contributed by atoms with E-state index >= 15 is 0 Å². The summed E-state index contributed by atoms with van der Waals surface area (Å²) < 4.78 is 11.1. The molecule has 0 aliphatic carbocycles. The first-order valence-corrected chi connectivity index (χ1v) is 9.90. The number of ether oxygens (including phenoxy) is 2. The van der Waals surface area contributed by atoms with E-state index < -0.39 is 0 Å². The Hall–Kier alpha value is -3.35. The number of carbonyl (C=O) groups excluding carboxylic acids is 3. The van der Waals surface area contributed by atoms with Crippen molar-refractivity contribution in [2.45, 2.75) is 20.8 Å².